The Morgan fingerprint density at radius 2 is 2.06 bits per heavy atom. The van der Waals surface area contributed by atoms with Crippen LogP contribution in [0.2, 0.25) is 0 Å². The molecule has 2 aromatic rings. The number of H-pyrrole nitrogens is 1. The number of aromatic hydroxyl groups is 1. The molecule has 1 aliphatic carbocycles. The first-order valence-corrected chi connectivity index (χ1v) is 11.8. The van der Waals surface area contributed by atoms with Crippen LogP contribution in [0.25, 0.3) is 5.57 Å². The number of aromatic amines is 1. The molecule has 1 saturated carbocycles. The molecule has 0 radical (unpaired) electrons. The van der Waals surface area contributed by atoms with Gasteiger partial charge in [0.1, 0.15) is 17.7 Å². The lowest BCUT2D eigenvalue weighted by molar-refractivity contribution is 0.135. The van der Waals surface area contributed by atoms with E-state index in [9.17, 15) is 5.11 Å². The number of phenols is 1. The number of benzene rings is 1. The van der Waals surface area contributed by atoms with Gasteiger partial charge in [-0.15, -0.1) is 0 Å². The molecule has 1 aromatic carbocycles. The summed E-state index contributed by atoms with van der Waals surface area (Å²) < 4.78 is 15.8. The standard InChI is InChI=1S/C25H34FN5O/c1-4-14-11-16(32)5-6-17(14)18-7-8-19-22(21(18)26)30-31-23(19)24-27-13-20(29-24)15-9-10-28-25(2,3)12-15/h5-6,9,11,13,18-19,21-23,28,30-32H,4,7-8,10,12H2,1-3H3,(H,27,29). The summed E-state index contributed by atoms with van der Waals surface area (Å²) in [6.07, 6.45) is 6.57. The van der Waals surface area contributed by atoms with Crippen molar-refractivity contribution in [2.75, 3.05) is 6.54 Å². The smallest absolute Gasteiger partial charge is 0.125 e. The van der Waals surface area contributed by atoms with Gasteiger partial charge in [-0.3, -0.25) is 5.43 Å². The van der Waals surface area contributed by atoms with E-state index in [0.717, 1.165) is 54.9 Å². The Morgan fingerprint density at radius 3 is 2.84 bits per heavy atom. The van der Waals surface area contributed by atoms with Gasteiger partial charge in [0.15, 0.2) is 0 Å². The summed E-state index contributed by atoms with van der Waals surface area (Å²) in [6, 6.07) is 5.06. The van der Waals surface area contributed by atoms with E-state index in [-0.39, 0.29) is 35.2 Å². The second-order valence-corrected chi connectivity index (χ2v) is 10.2. The molecule has 2 fully saturated rings. The van der Waals surface area contributed by atoms with Crippen LogP contribution in [0.3, 0.4) is 0 Å². The average molecular weight is 440 g/mol. The zero-order valence-corrected chi connectivity index (χ0v) is 19.1. The molecule has 6 nitrogen and oxygen atoms in total. The van der Waals surface area contributed by atoms with Crippen molar-refractivity contribution in [2.45, 2.75) is 76.2 Å². The number of fused-ring (bicyclic) bond motifs is 1. The van der Waals surface area contributed by atoms with Gasteiger partial charge >= 0.3 is 0 Å². The van der Waals surface area contributed by atoms with E-state index in [1.165, 1.54) is 5.57 Å². The van der Waals surface area contributed by atoms with Gasteiger partial charge in [0, 0.05) is 23.9 Å². The van der Waals surface area contributed by atoms with Crippen LogP contribution < -0.4 is 16.2 Å². The van der Waals surface area contributed by atoms with Crippen LogP contribution in [-0.2, 0) is 6.42 Å². The minimum Gasteiger partial charge on any atom is -0.508 e. The maximum Gasteiger partial charge on any atom is 0.125 e. The van der Waals surface area contributed by atoms with Crippen molar-refractivity contribution in [3.05, 3.63) is 53.1 Å². The summed E-state index contributed by atoms with van der Waals surface area (Å²) in [5.41, 5.74) is 11.0. The molecular formula is C25H34FN5O. The molecule has 5 atom stereocenters. The van der Waals surface area contributed by atoms with Gasteiger partial charge in [-0.1, -0.05) is 19.1 Å². The molecule has 5 rings (SSSR count). The van der Waals surface area contributed by atoms with Crippen LogP contribution in [0.15, 0.2) is 30.5 Å². The minimum atomic E-state index is -0.997. The number of alkyl halides is 1. The lowest BCUT2D eigenvalue weighted by atomic mass is 9.71. The highest BCUT2D eigenvalue weighted by Crippen LogP contribution is 2.45. The highest BCUT2D eigenvalue weighted by atomic mass is 19.1. The zero-order valence-electron chi connectivity index (χ0n) is 19.1. The Bertz CT molecular complexity index is 1020. The second-order valence-electron chi connectivity index (χ2n) is 10.2. The van der Waals surface area contributed by atoms with Crippen molar-refractivity contribution in [2.24, 2.45) is 5.92 Å². The Labute approximate surface area is 189 Å². The van der Waals surface area contributed by atoms with Crippen molar-refractivity contribution >= 4 is 5.57 Å². The lowest BCUT2D eigenvalue weighted by Crippen LogP contribution is -2.45. The topological polar surface area (TPSA) is 85.0 Å². The summed E-state index contributed by atoms with van der Waals surface area (Å²) >= 11 is 0. The van der Waals surface area contributed by atoms with Crippen molar-refractivity contribution < 1.29 is 9.50 Å². The van der Waals surface area contributed by atoms with Gasteiger partial charge in [0.05, 0.1) is 24.0 Å². The quantitative estimate of drug-likeness (QED) is 0.499. The number of imidazole rings is 1. The first-order chi connectivity index (χ1) is 15.4. The SMILES string of the molecule is CCc1cc(O)ccc1C1CCC2C(c3ncc(C4=CCNC(C)(C)C4)[nH]3)NNC2C1F. The first kappa shape index (κ1) is 21.6. The first-order valence-electron chi connectivity index (χ1n) is 11.8. The summed E-state index contributed by atoms with van der Waals surface area (Å²) in [7, 11) is 0. The van der Waals surface area contributed by atoms with Gasteiger partial charge in [-0.25, -0.2) is 14.8 Å². The average Bonchev–Trinajstić information content (AvgIpc) is 3.41. The molecule has 7 heteroatoms. The molecule has 0 spiro atoms. The Balaban J connectivity index is 1.33. The predicted octanol–water partition coefficient (Wildman–Crippen LogP) is 3.88. The van der Waals surface area contributed by atoms with Crippen molar-refractivity contribution in [3.8, 4) is 5.75 Å². The van der Waals surface area contributed by atoms with Crippen LogP contribution in [-0.4, -0.2) is 39.4 Å². The molecule has 3 heterocycles. The zero-order chi connectivity index (χ0) is 22.5. The fourth-order valence-corrected chi connectivity index (χ4v) is 5.83. The van der Waals surface area contributed by atoms with E-state index >= 15 is 4.39 Å². The second kappa shape index (κ2) is 8.28. The van der Waals surface area contributed by atoms with Crippen LogP contribution in [0.4, 0.5) is 4.39 Å². The monoisotopic (exact) mass is 439 g/mol. The van der Waals surface area contributed by atoms with Crippen molar-refractivity contribution in [1.82, 2.24) is 26.1 Å². The number of nitrogens with zero attached hydrogens (tertiary/aromatic N) is 1. The maximum atomic E-state index is 15.8. The van der Waals surface area contributed by atoms with E-state index in [0.29, 0.717) is 0 Å². The molecule has 1 saturated heterocycles. The summed E-state index contributed by atoms with van der Waals surface area (Å²) in [4.78, 5) is 8.20. The van der Waals surface area contributed by atoms with Gasteiger partial charge in [0.2, 0.25) is 0 Å². The van der Waals surface area contributed by atoms with Gasteiger partial charge in [0.25, 0.3) is 0 Å². The largest absolute Gasteiger partial charge is 0.508 e. The molecule has 0 bridgehead atoms. The maximum absolute atomic E-state index is 15.8. The molecule has 1 aromatic heterocycles. The minimum absolute atomic E-state index is 0.0336. The predicted molar refractivity (Wildman–Crippen MR) is 124 cm³/mol. The Hall–Kier alpha value is -2.22. The highest BCUT2D eigenvalue weighted by Gasteiger charge is 2.48. The number of phenolic OH excluding ortho intramolecular Hbond substituents is 1. The molecular weight excluding hydrogens is 405 g/mol. The fraction of sp³-hybridized carbons (Fsp3) is 0.560. The lowest BCUT2D eigenvalue weighted by Gasteiger charge is -2.36. The van der Waals surface area contributed by atoms with Gasteiger partial charge in [-0.2, -0.15) is 0 Å². The summed E-state index contributed by atoms with van der Waals surface area (Å²) in [5.74, 6) is 1.10. The van der Waals surface area contributed by atoms with E-state index in [2.05, 4.69) is 53.0 Å². The van der Waals surface area contributed by atoms with Gasteiger partial charge < -0.3 is 15.4 Å². The number of hydrazine groups is 1. The van der Waals surface area contributed by atoms with Crippen LogP contribution in [0.1, 0.15) is 74.6 Å². The Kier molecular flexibility index (Phi) is 5.60. The molecule has 172 valence electrons. The number of hydrogen-bond acceptors (Lipinski definition) is 5. The molecule has 32 heavy (non-hydrogen) atoms. The van der Waals surface area contributed by atoms with Gasteiger partial charge in [-0.05, 0) is 68.4 Å². The number of hydrogen-bond donors (Lipinski definition) is 5. The summed E-state index contributed by atoms with van der Waals surface area (Å²) in [6.45, 7) is 7.33. The Morgan fingerprint density at radius 1 is 1.22 bits per heavy atom. The van der Waals surface area contributed by atoms with E-state index < -0.39 is 6.17 Å². The third-order valence-corrected chi connectivity index (χ3v) is 7.54. The third kappa shape index (κ3) is 3.87. The van der Waals surface area contributed by atoms with Crippen molar-refractivity contribution in [3.63, 3.8) is 0 Å². The summed E-state index contributed by atoms with van der Waals surface area (Å²) in [5, 5.41) is 13.3. The molecule has 5 unspecified atom stereocenters. The fourth-order valence-electron chi connectivity index (χ4n) is 5.83. The normalized spacial score (nSPS) is 31.9. The van der Waals surface area contributed by atoms with E-state index in [1.54, 1.807) is 12.1 Å². The van der Waals surface area contributed by atoms with Crippen LogP contribution >= 0.6 is 0 Å². The highest BCUT2D eigenvalue weighted by molar-refractivity contribution is 5.64. The third-order valence-electron chi connectivity index (χ3n) is 7.54. The molecule has 0 amide bonds. The number of rotatable bonds is 4. The molecule has 5 N–H and O–H groups in total. The van der Waals surface area contributed by atoms with E-state index in [1.807, 2.05) is 12.3 Å². The number of halogens is 1. The van der Waals surface area contributed by atoms with Crippen LogP contribution in [0, 0.1) is 5.92 Å². The van der Waals surface area contributed by atoms with E-state index in [4.69, 9.17) is 0 Å². The number of aryl methyl sites for hydroxylation is 1. The molecule has 2 aliphatic heterocycles. The van der Waals surface area contributed by atoms with Crippen molar-refractivity contribution in [1.29, 1.82) is 0 Å². The molecule has 3 aliphatic rings. The number of aromatic nitrogens is 2. The van der Waals surface area contributed by atoms with Crippen LogP contribution in [0.5, 0.6) is 5.75 Å². The number of nitrogens with one attached hydrogen (secondary N) is 4.